The fourth-order valence-corrected chi connectivity index (χ4v) is 2.10. The van der Waals surface area contributed by atoms with Gasteiger partial charge in [-0.25, -0.2) is 9.97 Å². The molecule has 0 amide bonds. The molecular weight excluding hydrogens is 270 g/mol. The molecule has 2 aromatic rings. The second-order valence-corrected chi connectivity index (χ2v) is 4.59. The van der Waals surface area contributed by atoms with Crippen LogP contribution >= 0.6 is 0 Å². The number of aryl methyl sites for hydroxylation is 1. The molecule has 21 heavy (non-hydrogen) atoms. The van der Waals surface area contributed by atoms with Crippen molar-refractivity contribution < 1.29 is 14.3 Å². The number of aromatic nitrogens is 3. The lowest BCUT2D eigenvalue weighted by Crippen LogP contribution is -2.10. The number of hydrogen-bond donors (Lipinski definition) is 0. The lowest BCUT2D eigenvalue weighted by Gasteiger charge is -2.11. The van der Waals surface area contributed by atoms with Gasteiger partial charge in [0.1, 0.15) is 17.8 Å². The first-order valence-corrected chi connectivity index (χ1v) is 6.45. The van der Waals surface area contributed by atoms with Crippen molar-refractivity contribution in [2.45, 2.75) is 20.3 Å². The molecule has 6 nitrogen and oxygen atoms in total. The van der Waals surface area contributed by atoms with Crippen LogP contribution in [0.25, 0.3) is 0 Å². The van der Waals surface area contributed by atoms with Gasteiger partial charge in [-0.2, -0.15) is 0 Å². The summed E-state index contributed by atoms with van der Waals surface area (Å²) in [7, 11) is 3.10. The van der Waals surface area contributed by atoms with E-state index in [-0.39, 0.29) is 12.2 Å². The van der Waals surface area contributed by atoms with Gasteiger partial charge in [-0.1, -0.05) is 0 Å². The minimum Gasteiger partial charge on any atom is -0.496 e. The van der Waals surface area contributed by atoms with Gasteiger partial charge in [0.2, 0.25) is 5.88 Å². The Labute approximate surface area is 123 Å². The van der Waals surface area contributed by atoms with Crippen LogP contribution in [0, 0.1) is 13.8 Å². The van der Waals surface area contributed by atoms with Gasteiger partial charge in [0.05, 0.1) is 26.3 Å². The second kappa shape index (κ2) is 6.30. The predicted octanol–water partition coefficient (Wildman–Crippen LogP) is 1.93. The first kappa shape index (κ1) is 14.9. The highest BCUT2D eigenvalue weighted by atomic mass is 16.5. The van der Waals surface area contributed by atoms with Crippen molar-refractivity contribution in [3.05, 3.63) is 41.1 Å². The third kappa shape index (κ3) is 3.16. The number of carbonyl (C=O) groups excluding carboxylic acids is 1. The van der Waals surface area contributed by atoms with Crippen LogP contribution < -0.4 is 9.47 Å². The Bertz CT molecular complexity index is 671. The second-order valence-electron chi connectivity index (χ2n) is 4.59. The molecule has 0 aliphatic rings. The van der Waals surface area contributed by atoms with Crippen molar-refractivity contribution in [2.75, 3.05) is 14.2 Å². The normalized spacial score (nSPS) is 10.3. The summed E-state index contributed by atoms with van der Waals surface area (Å²) < 4.78 is 10.3. The Morgan fingerprint density at radius 3 is 2.57 bits per heavy atom. The molecule has 2 heterocycles. The molecule has 2 aromatic heterocycles. The maximum Gasteiger partial charge on any atom is 0.216 e. The lowest BCUT2D eigenvalue weighted by molar-refractivity contribution is 0.0986. The molecule has 0 aliphatic carbocycles. The summed E-state index contributed by atoms with van der Waals surface area (Å²) in [5, 5.41) is 0. The monoisotopic (exact) mass is 287 g/mol. The molecule has 110 valence electrons. The van der Waals surface area contributed by atoms with Crippen LogP contribution in [0.15, 0.2) is 18.6 Å². The summed E-state index contributed by atoms with van der Waals surface area (Å²) in [4.78, 5) is 24.5. The number of hydrogen-bond acceptors (Lipinski definition) is 6. The lowest BCUT2D eigenvalue weighted by atomic mass is 10.1. The highest BCUT2D eigenvalue weighted by molar-refractivity contribution is 5.95. The van der Waals surface area contributed by atoms with Crippen LogP contribution in [-0.4, -0.2) is 35.0 Å². The van der Waals surface area contributed by atoms with E-state index >= 15 is 0 Å². The quantitative estimate of drug-likeness (QED) is 0.782. The zero-order chi connectivity index (χ0) is 15.4. The molecule has 0 aromatic carbocycles. The topological polar surface area (TPSA) is 74.2 Å². The number of ketones is 1. The summed E-state index contributed by atoms with van der Waals surface area (Å²) in [6, 6.07) is 1.52. The number of carbonyl (C=O) groups is 1. The van der Waals surface area contributed by atoms with Gasteiger partial charge in [-0.3, -0.25) is 9.78 Å². The number of Topliss-reactive ketones (excluding diaryl/α,β-unsaturated/α-hetero) is 1. The zero-order valence-corrected chi connectivity index (χ0v) is 12.5. The van der Waals surface area contributed by atoms with Gasteiger partial charge in [0.25, 0.3) is 0 Å². The van der Waals surface area contributed by atoms with Crippen LogP contribution in [0.5, 0.6) is 11.6 Å². The molecule has 6 heteroatoms. The van der Waals surface area contributed by atoms with Gasteiger partial charge < -0.3 is 9.47 Å². The number of rotatable bonds is 5. The highest BCUT2D eigenvalue weighted by Crippen LogP contribution is 2.24. The first-order chi connectivity index (χ1) is 10.1. The minimum absolute atomic E-state index is 0.141. The van der Waals surface area contributed by atoms with E-state index in [1.165, 1.54) is 19.5 Å². The number of nitrogens with zero attached hydrogens (tertiary/aromatic N) is 3. The summed E-state index contributed by atoms with van der Waals surface area (Å²) in [6.07, 6.45) is 3.17. The van der Waals surface area contributed by atoms with Crippen LogP contribution in [-0.2, 0) is 6.42 Å². The fourth-order valence-electron chi connectivity index (χ4n) is 2.10. The maximum atomic E-state index is 12.3. The van der Waals surface area contributed by atoms with Gasteiger partial charge in [0, 0.05) is 23.4 Å². The SMILES string of the molecule is COc1cc(C(=O)Cc2ncc(C)c(OC)c2C)ncn1. The molecule has 0 aliphatic heterocycles. The van der Waals surface area contributed by atoms with Crippen molar-refractivity contribution >= 4 is 5.78 Å². The molecule has 0 N–H and O–H groups in total. The van der Waals surface area contributed by atoms with E-state index in [0.717, 1.165) is 16.9 Å². The van der Waals surface area contributed by atoms with E-state index in [1.807, 2.05) is 13.8 Å². The molecule has 0 saturated heterocycles. The summed E-state index contributed by atoms with van der Waals surface area (Å²) in [5.41, 5.74) is 2.80. The first-order valence-electron chi connectivity index (χ1n) is 6.45. The third-order valence-corrected chi connectivity index (χ3v) is 3.21. The van der Waals surface area contributed by atoms with Gasteiger partial charge in [-0.15, -0.1) is 0 Å². The Hall–Kier alpha value is -2.50. The van der Waals surface area contributed by atoms with E-state index < -0.39 is 0 Å². The summed E-state index contributed by atoms with van der Waals surface area (Å²) in [6.45, 7) is 3.81. The van der Waals surface area contributed by atoms with Crippen LogP contribution in [0.3, 0.4) is 0 Å². The maximum absolute atomic E-state index is 12.3. The van der Waals surface area contributed by atoms with Crippen molar-refractivity contribution in [1.82, 2.24) is 15.0 Å². The smallest absolute Gasteiger partial charge is 0.216 e. The Kier molecular flexibility index (Phi) is 4.47. The van der Waals surface area contributed by atoms with E-state index in [0.29, 0.717) is 17.3 Å². The van der Waals surface area contributed by atoms with Crippen molar-refractivity contribution in [3.63, 3.8) is 0 Å². The van der Waals surface area contributed by atoms with Gasteiger partial charge in [0.15, 0.2) is 5.78 Å². The predicted molar refractivity (Wildman–Crippen MR) is 76.9 cm³/mol. The van der Waals surface area contributed by atoms with Crippen LogP contribution in [0.1, 0.15) is 27.3 Å². The molecule has 0 unspecified atom stereocenters. The Morgan fingerprint density at radius 1 is 1.14 bits per heavy atom. The molecule has 0 fully saturated rings. The van der Waals surface area contributed by atoms with Crippen molar-refractivity contribution in [2.24, 2.45) is 0 Å². The summed E-state index contributed by atoms with van der Waals surface area (Å²) in [5.74, 6) is 0.977. The fraction of sp³-hybridized carbons (Fsp3) is 0.333. The van der Waals surface area contributed by atoms with E-state index in [2.05, 4.69) is 15.0 Å². The standard InChI is InChI=1S/C15H17N3O3/c1-9-7-16-11(10(2)15(9)21-4)5-13(19)12-6-14(20-3)18-8-17-12/h6-8H,5H2,1-4H3. The van der Waals surface area contributed by atoms with Crippen molar-refractivity contribution in [3.8, 4) is 11.6 Å². The molecule has 0 spiro atoms. The molecule has 0 saturated carbocycles. The third-order valence-electron chi connectivity index (χ3n) is 3.21. The van der Waals surface area contributed by atoms with Crippen LogP contribution in [0.2, 0.25) is 0 Å². The molecule has 0 bridgehead atoms. The van der Waals surface area contributed by atoms with Crippen molar-refractivity contribution in [1.29, 1.82) is 0 Å². The molecular formula is C15H17N3O3. The Morgan fingerprint density at radius 2 is 1.90 bits per heavy atom. The molecule has 2 rings (SSSR count). The molecule has 0 atom stereocenters. The van der Waals surface area contributed by atoms with Crippen LogP contribution in [0.4, 0.5) is 0 Å². The van der Waals surface area contributed by atoms with E-state index in [1.54, 1.807) is 13.3 Å². The number of ether oxygens (including phenoxy) is 2. The Balaban J connectivity index is 2.27. The summed E-state index contributed by atoms with van der Waals surface area (Å²) >= 11 is 0. The zero-order valence-electron chi connectivity index (χ0n) is 12.5. The van der Waals surface area contributed by atoms with Gasteiger partial charge in [-0.05, 0) is 13.8 Å². The van der Waals surface area contributed by atoms with E-state index in [4.69, 9.17) is 9.47 Å². The largest absolute Gasteiger partial charge is 0.496 e. The number of pyridine rings is 1. The average Bonchev–Trinajstić information content (AvgIpc) is 2.50. The average molecular weight is 287 g/mol. The number of methoxy groups -OCH3 is 2. The van der Waals surface area contributed by atoms with E-state index in [9.17, 15) is 4.79 Å². The minimum atomic E-state index is -0.141. The molecule has 0 radical (unpaired) electrons. The highest BCUT2D eigenvalue weighted by Gasteiger charge is 2.15. The van der Waals surface area contributed by atoms with Gasteiger partial charge >= 0.3 is 0 Å².